The quantitative estimate of drug-likeness (QED) is 0.0999. The number of aryl methyl sites for hydroxylation is 2. The molecule has 294 valence electrons. The molecule has 0 amide bonds. The number of ether oxygens (including phenoxy) is 9. The summed E-state index contributed by atoms with van der Waals surface area (Å²) in [5.41, 5.74) is 0.246. The van der Waals surface area contributed by atoms with E-state index in [2.05, 4.69) is 23.1 Å². The Morgan fingerprint density at radius 1 is 0.704 bits per heavy atom. The standard InChI is InChI=1S/C35H44N4O15/c1-22(2)33(43)50-17-25(15-46-28(40)5-9-38-11-7-36-20-38)52-30(42)13-24-14-48-32-27(19-49-31(24)32)54-35(45)53-26(18-51-34(44)23(3)4)16-47-29(41)6-10-39-12-8-37-21-39/h7-8,11-12,20-21,24-27,31-32H,1,3,5-6,9-10,13-19H2,2,4H3/t24-,25?,26?,27+,31+,32+/m0/s1. The van der Waals surface area contributed by atoms with E-state index in [0.717, 1.165) is 0 Å². The highest BCUT2D eigenvalue weighted by molar-refractivity contribution is 5.87. The van der Waals surface area contributed by atoms with Gasteiger partial charge in [-0.05, 0) is 13.8 Å². The summed E-state index contributed by atoms with van der Waals surface area (Å²) in [5.74, 6) is -3.79. The van der Waals surface area contributed by atoms with Gasteiger partial charge in [0.05, 0.1) is 51.2 Å². The summed E-state index contributed by atoms with van der Waals surface area (Å²) in [6.07, 6.45) is 3.68. The van der Waals surface area contributed by atoms with Crippen molar-refractivity contribution in [2.75, 3.05) is 39.6 Å². The van der Waals surface area contributed by atoms with E-state index in [0.29, 0.717) is 13.1 Å². The summed E-state index contributed by atoms with van der Waals surface area (Å²) in [7, 11) is 0. The van der Waals surface area contributed by atoms with Crippen LogP contribution in [0.15, 0.2) is 61.7 Å². The van der Waals surface area contributed by atoms with Crippen molar-refractivity contribution < 1.29 is 71.4 Å². The van der Waals surface area contributed by atoms with Crippen molar-refractivity contribution in [1.29, 1.82) is 0 Å². The molecule has 0 radical (unpaired) electrons. The Morgan fingerprint density at radius 3 is 1.70 bits per heavy atom. The summed E-state index contributed by atoms with van der Waals surface area (Å²) < 4.78 is 52.1. The fourth-order valence-electron chi connectivity index (χ4n) is 5.17. The number of rotatable bonds is 21. The molecule has 6 atom stereocenters. The number of imidazole rings is 2. The average Bonchev–Trinajstić information content (AvgIpc) is 3.97. The van der Waals surface area contributed by atoms with E-state index in [9.17, 15) is 28.8 Å². The fraction of sp³-hybridized carbons (Fsp3) is 0.543. The van der Waals surface area contributed by atoms with Crippen LogP contribution in [-0.2, 0) is 79.7 Å². The molecule has 4 heterocycles. The highest BCUT2D eigenvalue weighted by Crippen LogP contribution is 2.35. The van der Waals surface area contributed by atoms with Crippen molar-refractivity contribution in [3.05, 3.63) is 61.7 Å². The molecule has 2 aromatic rings. The minimum atomic E-state index is -1.21. The van der Waals surface area contributed by atoms with Crippen LogP contribution in [0.3, 0.4) is 0 Å². The molecule has 0 bridgehead atoms. The van der Waals surface area contributed by atoms with Crippen LogP contribution in [0, 0.1) is 5.92 Å². The SMILES string of the molecule is C=C(C)C(=O)OCC(COC(=O)CCn1ccnc1)OC(=O)C[C@H]1CO[C@H]2[C@@H]1OC[C@H]2OC(=O)OC(COC(=O)CCn1ccnc1)COC(=O)C(=C)C. The maximum Gasteiger partial charge on any atom is 0.509 e. The molecule has 0 aliphatic carbocycles. The van der Waals surface area contributed by atoms with Crippen LogP contribution in [0.5, 0.6) is 0 Å². The van der Waals surface area contributed by atoms with Crippen LogP contribution in [0.1, 0.15) is 33.1 Å². The lowest BCUT2D eigenvalue weighted by Gasteiger charge is -2.21. The molecule has 2 aliphatic rings. The third kappa shape index (κ3) is 13.4. The molecule has 2 unspecified atom stereocenters. The average molecular weight is 761 g/mol. The first-order valence-electron chi connectivity index (χ1n) is 17.1. The molecular formula is C35H44N4O15. The lowest BCUT2D eigenvalue weighted by Crippen LogP contribution is -2.37. The zero-order valence-corrected chi connectivity index (χ0v) is 30.0. The van der Waals surface area contributed by atoms with Crippen molar-refractivity contribution in [2.24, 2.45) is 5.92 Å². The first-order chi connectivity index (χ1) is 25.9. The van der Waals surface area contributed by atoms with Gasteiger partial charge in [0, 0.05) is 54.9 Å². The van der Waals surface area contributed by atoms with Gasteiger partial charge in [-0.2, -0.15) is 0 Å². The van der Waals surface area contributed by atoms with E-state index in [1.807, 2.05) is 0 Å². The van der Waals surface area contributed by atoms with Gasteiger partial charge in [0.2, 0.25) is 0 Å². The maximum atomic E-state index is 13.0. The number of nitrogens with zero attached hydrogens (tertiary/aromatic N) is 4. The first-order valence-corrected chi connectivity index (χ1v) is 17.1. The second-order valence-corrected chi connectivity index (χ2v) is 12.5. The number of hydrogen-bond donors (Lipinski definition) is 0. The zero-order chi connectivity index (χ0) is 39.0. The first kappa shape index (κ1) is 41.2. The largest absolute Gasteiger partial charge is 0.509 e. The smallest absolute Gasteiger partial charge is 0.462 e. The van der Waals surface area contributed by atoms with Crippen LogP contribution in [0.4, 0.5) is 4.79 Å². The number of fused-ring (bicyclic) bond motifs is 1. The third-order valence-electron chi connectivity index (χ3n) is 7.97. The molecule has 4 rings (SSSR count). The highest BCUT2D eigenvalue weighted by Gasteiger charge is 2.50. The maximum absolute atomic E-state index is 13.0. The van der Waals surface area contributed by atoms with E-state index in [1.54, 1.807) is 46.6 Å². The van der Waals surface area contributed by atoms with Gasteiger partial charge in [-0.1, -0.05) is 13.2 Å². The minimum Gasteiger partial charge on any atom is -0.462 e. The van der Waals surface area contributed by atoms with E-state index in [1.165, 1.54) is 13.8 Å². The normalized spacial score (nSPS) is 19.7. The molecule has 54 heavy (non-hydrogen) atoms. The molecule has 2 aliphatic heterocycles. The number of carbonyl (C=O) groups excluding carboxylic acids is 6. The number of hydrogen-bond acceptors (Lipinski definition) is 17. The van der Waals surface area contributed by atoms with Crippen LogP contribution in [0.2, 0.25) is 0 Å². The number of carbonyl (C=O) groups is 6. The van der Waals surface area contributed by atoms with Crippen molar-refractivity contribution in [2.45, 2.75) is 76.7 Å². The summed E-state index contributed by atoms with van der Waals surface area (Å²) in [6.45, 7) is 8.93. The predicted molar refractivity (Wildman–Crippen MR) is 180 cm³/mol. The summed E-state index contributed by atoms with van der Waals surface area (Å²) >= 11 is 0. The molecule has 2 fully saturated rings. The van der Waals surface area contributed by atoms with Crippen LogP contribution in [0.25, 0.3) is 0 Å². The van der Waals surface area contributed by atoms with Gasteiger partial charge in [0.1, 0.15) is 32.5 Å². The summed E-state index contributed by atoms with van der Waals surface area (Å²) in [5, 5.41) is 0. The Labute approximate surface area is 310 Å². The molecule has 0 N–H and O–H groups in total. The molecule has 2 saturated heterocycles. The van der Waals surface area contributed by atoms with Crippen LogP contribution < -0.4 is 0 Å². The third-order valence-corrected chi connectivity index (χ3v) is 7.97. The Balaban J connectivity index is 1.25. The molecule has 2 aromatic heterocycles. The molecule has 0 aromatic carbocycles. The Kier molecular flexibility index (Phi) is 15.7. The second-order valence-electron chi connectivity index (χ2n) is 12.5. The summed E-state index contributed by atoms with van der Waals surface area (Å²) in [4.78, 5) is 82.2. The molecular weight excluding hydrogens is 716 g/mol. The van der Waals surface area contributed by atoms with Gasteiger partial charge in [-0.15, -0.1) is 0 Å². The van der Waals surface area contributed by atoms with Crippen molar-refractivity contribution in [3.8, 4) is 0 Å². The van der Waals surface area contributed by atoms with Crippen LogP contribution in [-0.4, -0.2) is 125 Å². The lowest BCUT2D eigenvalue weighted by molar-refractivity contribution is -0.166. The van der Waals surface area contributed by atoms with Crippen LogP contribution >= 0.6 is 0 Å². The highest BCUT2D eigenvalue weighted by atomic mass is 16.8. The van der Waals surface area contributed by atoms with E-state index >= 15 is 0 Å². The topological polar surface area (TPSA) is 221 Å². The molecule has 19 heteroatoms. The molecule has 19 nitrogen and oxygen atoms in total. The van der Waals surface area contributed by atoms with Crippen molar-refractivity contribution in [1.82, 2.24) is 19.1 Å². The van der Waals surface area contributed by atoms with Gasteiger partial charge in [-0.25, -0.2) is 24.4 Å². The number of aromatic nitrogens is 4. The van der Waals surface area contributed by atoms with Gasteiger partial charge in [-0.3, -0.25) is 14.4 Å². The lowest BCUT2D eigenvalue weighted by atomic mass is 9.98. The van der Waals surface area contributed by atoms with Gasteiger partial charge in [0.25, 0.3) is 0 Å². The van der Waals surface area contributed by atoms with Gasteiger partial charge >= 0.3 is 36.0 Å². The Bertz CT molecular complexity index is 1490. The Morgan fingerprint density at radius 2 is 1.20 bits per heavy atom. The second kappa shape index (κ2) is 20.6. The fourth-order valence-corrected chi connectivity index (χ4v) is 5.17. The van der Waals surface area contributed by atoms with E-state index < -0.39 is 85.7 Å². The van der Waals surface area contributed by atoms with Gasteiger partial charge < -0.3 is 51.8 Å². The molecule has 0 saturated carbocycles. The molecule has 0 spiro atoms. The van der Waals surface area contributed by atoms with Crippen molar-refractivity contribution >= 4 is 36.0 Å². The monoisotopic (exact) mass is 760 g/mol. The van der Waals surface area contributed by atoms with Crippen molar-refractivity contribution in [3.63, 3.8) is 0 Å². The summed E-state index contributed by atoms with van der Waals surface area (Å²) in [6, 6.07) is 0. The zero-order valence-electron chi connectivity index (χ0n) is 30.0. The number of esters is 5. The predicted octanol–water partition coefficient (Wildman–Crippen LogP) is 1.49. The van der Waals surface area contributed by atoms with E-state index in [4.69, 9.17) is 42.6 Å². The Hall–Kier alpha value is -5.56. The minimum absolute atomic E-state index is 0.0116. The van der Waals surface area contributed by atoms with Gasteiger partial charge in [0.15, 0.2) is 18.3 Å². The van der Waals surface area contributed by atoms with E-state index in [-0.39, 0.29) is 56.8 Å².